The molecule has 0 unspecified atom stereocenters. The second-order valence-corrected chi connectivity index (χ2v) is 4.51. The van der Waals surface area contributed by atoms with E-state index in [0.29, 0.717) is 11.9 Å². The number of hydrogen-bond donors (Lipinski definition) is 1. The van der Waals surface area contributed by atoms with Gasteiger partial charge < -0.3 is 5.32 Å². The fourth-order valence-electron chi connectivity index (χ4n) is 2.04. The highest BCUT2D eigenvalue weighted by molar-refractivity contribution is 9.09. The van der Waals surface area contributed by atoms with Gasteiger partial charge in [0, 0.05) is 18.9 Å². The molecule has 1 aliphatic carbocycles. The molecule has 0 saturated heterocycles. The van der Waals surface area contributed by atoms with Gasteiger partial charge in [-0.3, -0.25) is 9.59 Å². The SMILES string of the molecule is CC(=O)NCC1(C(=O)CBr)CCCC1. The molecular weight excluding hydrogens is 246 g/mol. The van der Waals surface area contributed by atoms with Gasteiger partial charge in [0.2, 0.25) is 5.91 Å². The molecule has 0 aromatic carbocycles. The van der Waals surface area contributed by atoms with Crippen molar-refractivity contribution < 1.29 is 9.59 Å². The first-order chi connectivity index (χ1) is 6.60. The summed E-state index contributed by atoms with van der Waals surface area (Å²) in [6.45, 7) is 1.99. The number of ketones is 1. The van der Waals surface area contributed by atoms with E-state index >= 15 is 0 Å². The maximum absolute atomic E-state index is 11.8. The van der Waals surface area contributed by atoms with Crippen LogP contribution in [-0.2, 0) is 9.59 Å². The van der Waals surface area contributed by atoms with E-state index in [-0.39, 0.29) is 17.1 Å². The standard InChI is InChI=1S/C10H16BrNO2/c1-8(13)12-7-10(9(14)6-11)4-2-3-5-10/h2-7H2,1H3,(H,12,13). The predicted octanol–water partition coefficient (Wildman–Crippen LogP) is 1.65. The zero-order chi connectivity index (χ0) is 10.6. The highest BCUT2D eigenvalue weighted by Gasteiger charge is 2.39. The van der Waals surface area contributed by atoms with Crippen LogP contribution in [0.1, 0.15) is 32.6 Å². The molecule has 0 aromatic heterocycles. The Morgan fingerprint density at radius 2 is 1.93 bits per heavy atom. The monoisotopic (exact) mass is 261 g/mol. The minimum Gasteiger partial charge on any atom is -0.355 e. The van der Waals surface area contributed by atoms with Gasteiger partial charge in [-0.25, -0.2) is 0 Å². The van der Waals surface area contributed by atoms with E-state index in [1.807, 2.05) is 0 Å². The van der Waals surface area contributed by atoms with Crippen LogP contribution in [0.15, 0.2) is 0 Å². The summed E-state index contributed by atoms with van der Waals surface area (Å²) >= 11 is 3.20. The predicted molar refractivity (Wildman–Crippen MR) is 58.4 cm³/mol. The van der Waals surface area contributed by atoms with Crippen LogP contribution in [0.5, 0.6) is 0 Å². The van der Waals surface area contributed by atoms with E-state index < -0.39 is 0 Å². The van der Waals surface area contributed by atoms with Gasteiger partial charge in [0.05, 0.1) is 5.33 Å². The van der Waals surface area contributed by atoms with Gasteiger partial charge in [-0.15, -0.1) is 0 Å². The van der Waals surface area contributed by atoms with Gasteiger partial charge in [-0.05, 0) is 12.8 Å². The molecule has 1 amide bonds. The molecule has 4 heteroatoms. The number of nitrogens with one attached hydrogen (secondary N) is 1. The van der Waals surface area contributed by atoms with Crippen LogP contribution in [0.25, 0.3) is 0 Å². The number of halogens is 1. The van der Waals surface area contributed by atoms with E-state index in [9.17, 15) is 9.59 Å². The molecule has 1 saturated carbocycles. The van der Waals surface area contributed by atoms with Crippen molar-refractivity contribution in [2.24, 2.45) is 5.41 Å². The summed E-state index contributed by atoms with van der Waals surface area (Å²) < 4.78 is 0. The lowest BCUT2D eigenvalue weighted by Crippen LogP contribution is -2.41. The number of carbonyl (C=O) groups excluding carboxylic acids is 2. The van der Waals surface area contributed by atoms with Gasteiger partial charge >= 0.3 is 0 Å². The molecule has 1 N–H and O–H groups in total. The van der Waals surface area contributed by atoms with E-state index in [1.165, 1.54) is 6.92 Å². The lowest BCUT2D eigenvalue weighted by Gasteiger charge is -2.26. The molecule has 0 aromatic rings. The summed E-state index contributed by atoms with van der Waals surface area (Å²) in [5, 5.41) is 3.16. The Labute approximate surface area is 92.8 Å². The summed E-state index contributed by atoms with van der Waals surface area (Å²) in [6.07, 6.45) is 4.02. The Hall–Kier alpha value is -0.380. The molecule has 1 rings (SSSR count). The molecule has 0 heterocycles. The van der Waals surface area contributed by atoms with Crippen molar-refractivity contribution in [3.05, 3.63) is 0 Å². The van der Waals surface area contributed by atoms with Crippen LogP contribution in [-0.4, -0.2) is 23.6 Å². The number of Topliss-reactive ketones (excluding diaryl/α,β-unsaturated/α-hetero) is 1. The lowest BCUT2D eigenvalue weighted by atomic mass is 9.82. The number of alkyl halides is 1. The Bertz CT molecular complexity index is 234. The Morgan fingerprint density at radius 3 is 2.36 bits per heavy atom. The van der Waals surface area contributed by atoms with Crippen LogP contribution in [0.4, 0.5) is 0 Å². The summed E-state index contributed by atoms with van der Waals surface area (Å²) in [7, 11) is 0. The van der Waals surface area contributed by atoms with Gasteiger partial charge in [-0.1, -0.05) is 28.8 Å². The smallest absolute Gasteiger partial charge is 0.216 e. The molecule has 3 nitrogen and oxygen atoms in total. The number of hydrogen-bond acceptors (Lipinski definition) is 2. The lowest BCUT2D eigenvalue weighted by molar-refractivity contribution is -0.126. The van der Waals surface area contributed by atoms with Crippen LogP contribution in [0, 0.1) is 5.41 Å². The van der Waals surface area contributed by atoms with Crippen molar-refractivity contribution in [1.82, 2.24) is 5.32 Å². The molecule has 1 aliphatic rings. The van der Waals surface area contributed by atoms with Crippen LogP contribution < -0.4 is 5.32 Å². The van der Waals surface area contributed by atoms with Gasteiger partial charge in [0.15, 0.2) is 5.78 Å². The van der Waals surface area contributed by atoms with Crippen molar-refractivity contribution in [2.45, 2.75) is 32.6 Å². The average molecular weight is 262 g/mol. The van der Waals surface area contributed by atoms with Gasteiger partial charge in [-0.2, -0.15) is 0 Å². The molecule has 0 aliphatic heterocycles. The highest BCUT2D eigenvalue weighted by Crippen LogP contribution is 2.38. The van der Waals surface area contributed by atoms with Crippen molar-refractivity contribution in [3.8, 4) is 0 Å². The minimum absolute atomic E-state index is 0.0568. The Morgan fingerprint density at radius 1 is 1.36 bits per heavy atom. The van der Waals surface area contributed by atoms with Crippen LogP contribution in [0.3, 0.4) is 0 Å². The van der Waals surface area contributed by atoms with Crippen molar-refractivity contribution in [3.63, 3.8) is 0 Å². The third-order valence-corrected chi connectivity index (χ3v) is 3.46. The molecule has 0 radical (unpaired) electrons. The summed E-state index contributed by atoms with van der Waals surface area (Å²) in [4.78, 5) is 22.6. The maximum atomic E-state index is 11.8. The minimum atomic E-state index is -0.283. The number of amides is 1. The van der Waals surface area contributed by atoms with Crippen molar-refractivity contribution in [1.29, 1.82) is 0 Å². The normalized spacial score (nSPS) is 19.3. The summed E-state index contributed by atoms with van der Waals surface area (Å²) in [5.74, 6) is 0.169. The van der Waals surface area contributed by atoms with E-state index in [1.54, 1.807) is 0 Å². The van der Waals surface area contributed by atoms with Gasteiger partial charge in [0.1, 0.15) is 0 Å². The van der Waals surface area contributed by atoms with Gasteiger partial charge in [0.25, 0.3) is 0 Å². The Kier molecular flexibility index (Phi) is 4.11. The first-order valence-electron chi connectivity index (χ1n) is 4.94. The van der Waals surface area contributed by atoms with Crippen molar-refractivity contribution >= 4 is 27.6 Å². The average Bonchev–Trinajstić information content (AvgIpc) is 2.63. The quantitative estimate of drug-likeness (QED) is 0.783. The third-order valence-electron chi connectivity index (χ3n) is 2.95. The first kappa shape index (κ1) is 11.7. The fourth-order valence-corrected chi connectivity index (χ4v) is 2.64. The molecule has 1 fully saturated rings. The second kappa shape index (κ2) is 4.91. The maximum Gasteiger partial charge on any atom is 0.216 e. The van der Waals surface area contributed by atoms with E-state index in [4.69, 9.17) is 0 Å². The first-order valence-corrected chi connectivity index (χ1v) is 6.06. The fraction of sp³-hybridized carbons (Fsp3) is 0.800. The number of carbonyl (C=O) groups is 2. The van der Waals surface area contributed by atoms with E-state index in [0.717, 1.165) is 25.7 Å². The molecule has 0 spiro atoms. The zero-order valence-corrected chi connectivity index (χ0v) is 10.0. The van der Waals surface area contributed by atoms with Crippen LogP contribution in [0.2, 0.25) is 0 Å². The molecule has 14 heavy (non-hydrogen) atoms. The third kappa shape index (κ3) is 2.56. The number of rotatable bonds is 4. The molecule has 0 bridgehead atoms. The van der Waals surface area contributed by atoms with E-state index in [2.05, 4.69) is 21.2 Å². The van der Waals surface area contributed by atoms with Crippen LogP contribution >= 0.6 is 15.9 Å². The molecular formula is C10H16BrNO2. The topological polar surface area (TPSA) is 46.2 Å². The largest absolute Gasteiger partial charge is 0.355 e. The zero-order valence-electron chi connectivity index (χ0n) is 8.44. The Balaban J connectivity index is 2.62. The van der Waals surface area contributed by atoms with Crippen molar-refractivity contribution in [2.75, 3.05) is 11.9 Å². The highest BCUT2D eigenvalue weighted by atomic mass is 79.9. The molecule has 80 valence electrons. The molecule has 0 atom stereocenters. The summed E-state index contributed by atoms with van der Waals surface area (Å²) in [6, 6.07) is 0. The second-order valence-electron chi connectivity index (χ2n) is 3.95. The summed E-state index contributed by atoms with van der Waals surface area (Å²) in [5.41, 5.74) is -0.283.